The second-order valence-electron chi connectivity index (χ2n) is 5.53. The Morgan fingerprint density at radius 3 is 2.33 bits per heavy atom. The summed E-state index contributed by atoms with van der Waals surface area (Å²) in [6.45, 7) is 2.45. The van der Waals surface area contributed by atoms with Crippen molar-refractivity contribution in [3.05, 3.63) is 95.3 Å². The van der Waals surface area contributed by atoms with Crippen LogP contribution in [-0.4, -0.2) is 6.21 Å². The van der Waals surface area contributed by atoms with E-state index in [-0.39, 0.29) is 5.82 Å². The fraction of sp³-hybridized carbons (Fsp3) is 0.0952. The lowest BCUT2D eigenvalue weighted by Gasteiger charge is -2.06. The molecule has 0 radical (unpaired) electrons. The minimum absolute atomic E-state index is 0.240. The maximum Gasteiger partial charge on any atom is 0.123 e. The van der Waals surface area contributed by atoms with Gasteiger partial charge in [-0.05, 0) is 66.1 Å². The molecular weight excluding hydrogens is 301 g/mol. The molecule has 24 heavy (non-hydrogen) atoms. The number of rotatable bonds is 5. The van der Waals surface area contributed by atoms with E-state index in [1.807, 2.05) is 61.7 Å². The van der Waals surface area contributed by atoms with Gasteiger partial charge in [0.2, 0.25) is 0 Å². The molecule has 0 aliphatic rings. The largest absolute Gasteiger partial charge is 0.489 e. The van der Waals surface area contributed by atoms with Crippen LogP contribution in [0.15, 0.2) is 77.8 Å². The Labute approximate surface area is 141 Å². The minimum atomic E-state index is -0.240. The Bertz CT molecular complexity index is 823. The van der Waals surface area contributed by atoms with Crippen LogP contribution in [0.2, 0.25) is 0 Å². The van der Waals surface area contributed by atoms with Crippen LogP contribution in [0.3, 0.4) is 0 Å². The van der Waals surface area contributed by atoms with Gasteiger partial charge in [-0.25, -0.2) is 4.39 Å². The van der Waals surface area contributed by atoms with Crippen LogP contribution in [0.25, 0.3) is 0 Å². The smallest absolute Gasteiger partial charge is 0.123 e. The van der Waals surface area contributed by atoms with Gasteiger partial charge in [0.25, 0.3) is 0 Å². The average molecular weight is 319 g/mol. The van der Waals surface area contributed by atoms with Crippen molar-refractivity contribution < 1.29 is 9.13 Å². The number of aliphatic imine (C=N–C) groups is 1. The quantitative estimate of drug-likeness (QED) is 0.572. The normalized spacial score (nSPS) is 10.9. The number of ether oxygens (including phenoxy) is 1. The zero-order valence-corrected chi connectivity index (χ0v) is 13.4. The van der Waals surface area contributed by atoms with Gasteiger partial charge in [-0.1, -0.05) is 30.3 Å². The highest BCUT2D eigenvalue weighted by Gasteiger charge is 1.98. The van der Waals surface area contributed by atoms with Crippen LogP contribution < -0.4 is 4.74 Å². The van der Waals surface area contributed by atoms with E-state index in [2.05, 4.69) is 4.99 Å². The van der Waals surface area contributed by atoms with Gasteiger partial charge in [0, 0.05) is 6.21 Å². The van der Waals surface area contributed by atoms with E-state index in [9.17, 15) is 4.39 Å². The summed E-state index contributed by atoms with van der Waals surface area (Å²) in [5.74, 6) is 0.531. The maximum atomic E-state index is 12.9. The van der Waals surface area contributed by atoms with Crippen LogP contribution in [-0.2, 0) is 6.61 Å². The van der Waals surface area contributed by atoms with E-state index in [0.717, 1.165) is 28.1 Å². The highest BCUT2D eigenvalue weighted by Crippen LogP contribution is 2.18. The summed E-state index contributed by atoms with van der Waals surface area (Å²) >= 11 is 0. The first-order valence-electron chi connectivity index (χ1n) is 7.78. The minimum Gasteiger partial charge on any atom is -0.489 e. The summed E-state index contributed by atoms with van der Waals surface area (Å²) in [4.78, 5) is 4.51. The second kappa shape index (κ2) is 7.55. The molecular formula is C21H18FNO. The van der Waals surface area contributed by atoms with E-state index in [4.69, 9.17) is 4.74 Å². The monoisotopic (exact) mass is 319 g/mol. The number of halogens is 1. The van der Waals surface area contributed by atoms with Crippen molar-refractivity contribution in [1.29, 1.82) is 0 Å². The number of aryl methyl sites for hydroxylation is 1. The van der Waals surface area contributed by atoms with Crippen LogP contribution in [0.5, 0.6) is 5.75 Å². The van der Waals surface area contributed by atoms with Crippen molar-refractivity contribution in [2.75, 3.05) is 0 Å². The SMILES string of the molecule is Cc1ccccc1N=Cc1ccc(OCc2ccc(F)cc2)cc1. The summed E-state index contributed by atoms with van der Waals surface area (Å²) in [7, 11) is 0. The Balaban J connectivity index is 1.61. The molecule has 0 saturated carbocycles. The Hall–Kier alpha value is -2.94. The molecule has 0 aliphatic carbocycles. The molecule has 3 aromatic rings. The van der Waals surface area contributed by atoms with Crippen LogP contribution in [0.1, 0.15) is 16.7 Å². The molecule has 0 atom stereocenters. The first-order valence-corrected chi connectivity index (χ1v) is 7.78. The standard InChI is InChI=1S/C21H18FNO/c1-16-4-2-3-5-21(16)23-14-17-8-12-20(13-9-17)24-15-18-6-10-19(22)11-7-18/h2-14H,15H2,1H3. The number of nitrogens with zero attached hydrogens (tertiary/aromatic N) is 1. The molecule has 2 nitrogen and oxygen atoms in total. The van der Waals surface area contributed by atoms with Crippen LogP contribution in [0, 0.1) is 12.7 Å². The highest BCUT2D eigenvalue weighted by molar-refractivity contribution is 5.82. The van der Waals surface area contributed by atoms with Crippen LogP contribution in [0.4, 0.5) is 10.1 Å². The van der Waals surface area contributed by atoms with Gasteiger partial charge < -0.3 is 4.74 Å². The van der Waals surface area contributed by atoms with Crippen LogP contribution >= 0.6 is 0 Å². The topological polar surface area (TPSA) is 21.6 Å². The molecule has 0 amide bonds. The summed E-state index contributed by atoms with van der Waals surface area (Å²) in [5, 5.41) is 0. The zero-order valence-electron chi connectivity index (χ0n) is 13.4. The van der Waals surface area contributed by atoms with E-state index in [1.54, 1.807) is 12.1 Å². The van der Waals surface area contributed by atoms with Crippen molar-refractivity contribution in [1.82, 2.24) is 0 Å². The van der Waals surface area contributed by atoms with Gasteiger partial charge in [0.15, 0.2) is 0 Å². The summed E-state index contributed by atoms with van der Waals surface area (Å²) < 4.78 is 18.6. The van der Waals surface area contributed by atoms with E-state index < -0.39 is 0 Å². The number of para-hydroxylation sites is 1. The Kier molecular flexibility index (Phi) is 5.02. The zero-order chi connectivity index (χ0) is 16.8. The summed E-state index contributed by atoms with van der Waals surface area (Å²) in [6.07, 6.45) is 1.84. The third kappa shape index (κ3) is 4.29. The van der Waals surface area contributed by atoms with Gasteiger partial charge in [0.05, 0.1) is 5.69 Å². The summed E-state index contributed by atoms with van der Waals surface area (Å²) in [6, 6.07) is 22.1. The van der Waals surface area contributed by atoms with Crippen molar-refractivity contribution in [3.8, 4) is 5.75 Å². The molecule has 0 fully saturated rings. The highest BCUT2D eigenvalue weighted by atomic mass is 19.1. The van der Waals surface area contributed by atoms with Crippen molar-refractivity contribution in [2.45, 2.75) is 13.5 Å². The maximum absolute atomic E-state index is 12.9. The molecule has 0 unspecified atom stereocenters. The van der Waals surface area contributed by atoms with E-state index >= 15 is 0 Å². The lowest BCUT2D eigenvalue weighted by Crippen LogP contribution is -1.95. The van der Waals surface area contributed by atoms with Gasteiger partial charge >= 0.3 is 0 Å². The molecule has 0 bridgehead atoms. The number of hydrogen-bond acceptors (Lipinski definition) is 2. The lowest BCUT2D eigenvalue weighted by atomic mass is 10.2. The van der Waals surface area contributed by atoms with Crippen molar-refractivity contribution in [2.24, 2.45) is 4.99 Å². The van der Waals surface area contributed by atoms with Gasteiger partial charge in [-0.3, -0.25) is 4.99 Å². The fourth-order valence-corrected chi connectivity index (χ4v) is 2.25. The molecule has 0 aromatic heterocycles. The average Bonchev–Trinajstić information content (AvgIpc) is 2.61. The number of benzene rings is 3. The van der Waals surface area contributed by atoms with Gasteiger partial charge in [0.1, 0.15) is 18.2 Å². The van der Waals surface area contributed by atoms with E-state index in [1.165, 1.54) is 12.1 Å². The molecule has 120 valence electrons. The van der Waals surface area contributed by atoms with Gasteiger partial charge in [-0.15, -0.1) is 0 Å². The molecule has 0 spiro atoms. The first-order chi connectivity index (χ1) is 11.7. The lowest BCUT2D eigenvalue weighted by molar-refractivity contribution is 0.306. The second-order valence-corrected chi connectivity index (χ2v) is 5.53. The third-order valence-corrected chi connectivity index (χ3v) is 3.67. The number of hydrogen-bond donors (Lipinski definition) is 0. The molecule has 0 heterocycles. The summed E-state index contributed by atoms with van der Waals surface area (Å²) in [5.41, 5.74) is 4.05. The third-order valence-electron chi connectivity index (χ3n) is 3.67. The molecule has 0 saturated heterocycles. The molecule has 3 aromatic carbocycles. The van der Waals surface area contributed by atoms with Gasteiger partial charge in [-0.2, -0.15) is 0 Å². The molecule has 3 heteroatoms. The van der Waals surface area contributed by atoms with Crippen molar-refractivity contribution >= 4 is 11.9 Å². The predicted octanol–water partition coefficient (Wildman–Crippen LogP) is 5.46. The predicted molar refractivity (Wildman–Crippen MR) is 95.6 cm³/mol. The molecule has 0 N–H and O–H groups in total. The molecule has 3 rings (SSSR count). The first kappa shape index (κ1) is 15.9. The fourth-order valence-electron chi connectivity index (χ4n) is 2.25. The Morgan fingerprint density at radius 1 is 0.917 bits per heavy atom. The Morgan fingerprint density at radius 2 is 1.62 bits per heavy atom. The molecule has 0 aliphatic heterocycles. The van der Waals surface area contributed by atoms with Crippen molar-refractivity contribution in [3.63, 3.8) is 0 Å². The van der Waals surface area contributed by atoms with E-state index in [0.29, 0.717) is 6.61 Å².